The number of rotatable bonds is 1. The third-order valence-corrected chi connectivity index (χ3v) is 1.68. The van der Waals surface area contributed by atoms with Crippen molar-refractivity contribution < 1.29 is 9.50 Å². The Balaban J connectivity index is 2.41. The second-order valence-corrected chi connectivity index (χ2v) is 2.62. The summed E-state index contributed by atoms with van der Waals surface area (Å²) < 4.78 is 12.5. The molecule has 13 heavy (non-hydrogen) atoms. The molecule has 0 saturated heterocycles. The molecule has 3 nitrogen and oxygen atoms in total. The molecule has 1 aromatic heterocycles. The predicted octanol–water partition coefficient (Wildman–Crippen LogP) is 1.92. The molecule has 2 N–H and O–H groups in total. The first-order valence-corrected chi connectivity index (χ1v) is 3.75. The van der Waals surface area contributed by atoms with Crippen molar-refractivity contribution in [3.63, 3.8) is 0 Å². The Bertz CT molecular complexity index is 408. The largest absolute Gasteiger partial charge is 0.493 e. The van der Waals surface area contributed by atoms with Crippen molar-refractivity contribution in [2.24, 2.45) is 0 Å². The molecule has 2 aromatic rings. The van der Waals surface area contributed by atoms with Gasteiger partial charge in [0.25, 0.3) is 0 Å². The van der Waals surface area contributed by atoms with E-state index < -0.39 is 0 Å². The molecular weight excluding hydrogens is 171 g/mol. The molecule has 0 aliphatic carbocycles. The smallest absolute Gasteiger partial charge is 0.208 e. The number of H-pyrrole nitrogens is 1. The molecule has 0 bridgehead atoms. The summed E-state index contributed by atoms with van der Waals surface area (Å²) in [6, 6.07) is 5.87. The fourth-order valence-corrected chi connectivity index (χ4v) is 1.07. The lowest BCUT2D eigenvalue weighted by molar-refractivity contribution is 0.457. The average Bonchev–Trinajstić information content (AvgIpc) is 2.53. The zero-order chi connectivity index (χ0) is 9.26. The van der Waals surface area contributed by atoms with Gasteiger partial charge in [0.1, 0.15) is 11.6 Å². The predicted molar refractivity (Wildman–Crippen MR) is 45.6 cm³/mol. The van der Waals surface area contributed by atoms with Crippen LogP contribution in [0.15, 0.2) is 30.5 Å². The van der Waals surface area contributed by atoms with E-state index in [2.05, 4.69) is 9.97 Å². The van der Waals surface area contributed by atoms with Crippen molar-refractivity contribution in [2.45, 2.75) is 0 Å². The second kappa shape index (κ2) is 2.90. The maximum atomic E-state index is 12.5. The Labute approximate surface area is 73.9 Å². The van der Waals surface area contributed by atoms with Crippen LogP contribution in [-0.4, -0.2) is 15.1 Å². The Morgan fingerprint density at radius 3 is 2.46 bits per heavy atom. The first kappa shape index (κ1) is 7.79. The van der Waals surface area contributed by atoms with Gasteiger partial charge in [0.2, 0.25) is 5.88 Å². The van der Waals surface area contributed by atoms with E-state index in [1.54, 1.807) is 12.1 Å². The van der Waals surface area contributed by atoms with Crippen molar-refractivity contribution in [2.75, 3.05) is 0 Å². The number of benzene rings is 1. The van der Waals surface area contributed by atoms with Crippen LogP contribution < -0.4 is 0 Å². The first-order valence-electron chi connectivity index (χ1n) is 3.75. The molecule has 1 aromatic carbocycles. The maximum Gasteiger partial charge on any atom is 0.208 e. The van der Waals surface area contributed by atoms with Crippen LogP contribution in [0.25, 0.3) is 11.4 Å². The molecule has 2 rings (SSSR count). The third-order valence-electron chi connectivity index (χ3n) is 1.68. The van der Waals surface area contributed by atoms with Gasteiger partial charge in [0.05, 0.1) is 6.20 Å². The van der Waals surface area contributed by atoms with E-state index in [0.717, 1.165) is 5.56 Å². The lowest BCUT2D eigenvalue weighted by Crippen LogP contribution is -1.80. The van der Waals surface area contributed by atoms with E-state index in [1.807, 2.05) is 0 Å². The van der Waals surface area contributed by atoms with Gasteiger partial charge in [-0.15, -0.1) is 0 Å². The molecule has 0 fully saturated rings. The topological polar surface area (TPSA) is 48.9 Å². The van der Waals surface area contributed by atoms with Crippen LogP contribution in [0.5, 0.6) is 5.88 Å². The number of hydrogen-bond donors (Lipinski definition) is 2. The summed E-state index contributed by atoms with van der Waals surface area (Å²) in [5.41, 5.74) is 0.738. The number of nitrogens with zero attached hydrogens (tertiary/aromatic N) is 1. The van der Waals surface area contributed by atoms with Gasteiger partial charge in [-0.3, -0.25) is 0 Å². The Morgan fingerprint density at radius 1 is 1.23 bits per heavy atom. The zero-order valence-corrected chi connectivity index (χ0v) is 6.66. The number of aromatic nitrogens is 2. The molecule has 0 atom stereocenters. The zero-order valence-electron chi connectivity index (χ0n) is 6.66. The molecule has 0 unspecified atom stereocenters. The Hall–Kier alpha value is -1.84. The molecule has 0 radical (unpaired) electrons. The normalized spacial score (nSPS) is 10.2. The minimum Gasteiger partial charge on any atom is -0.493 e. The van der Waals surface area contributed by atoms with Crippen LogP contribution in [0.4, 0.5) is 4.39 Å². The van der Waals surface area contributed by atoms with Gasteiger partial charge < -0.3 is 10.1 Å². The van der Waals surface area contributed by atoms with Crippen LogP contribution in [0.2, 0.25) is 0 Å². The molecule has 0 aliphatic heterocycles. The monoisotopic (exact) mass is 178 g/mol. The number of aromatic amines is 1. The summed E-state index contributed by atoms with van der Waals surface area (Å²) in [5.74, 6) is 0.233. The average molecular weight is 178 g/mol. The fraction of sp³-hybridized carbons (Fsp3) is 0. The minimum absolute atomic E-state index is 0.000625. The number of hydrogen-bond acceptors (Lipinski definition) is 2. The SMILES string of the molecule is Oc1cnc(-c2ccc(F)cc2)[nH]1. The highest BCUT2D eigenvalue weighted by Crippen LogP contribution is 2.17. The standard InChI is InChI=1S/C9H7FN2O/c10-7-3-1-6(2-4-7)9-11-5-8(13)12-9/h1-5,13H,(H,11,12). The Morgan fingerprint density at radius 2 is 1.92 bits per heavy atom. The molecule has 0 amide bonds. The summed E-state index contributed by atoms with van der Waals surface area (Å²) >= 11 is 0. The molecule has 1 heterocycles. The summed E-state index contributed by atoms with van der Waals surface area (Å²) in [6.45, 7) is 0. The lowest BCUT2D eigenvalue weighted by Gasteiger charge is -1.94. The van der Waals surface area contributed by atoms with Crippen LogP contribution >= 0.6 is 0 Å². The molecule has 0 saturated carbocycles. The van der Waals surface area contributed by atoms with E-state index >= 15 is 0 Å². The Kier molecular flexibility index (Phi) is 1.73. The number of imidazole rings is 1. The number of halogens is 1. The van der Waals surface area contributed by atoms with Crippen molar-refractivity contribution in [3.05, 3.63) is 36.3 Å². The van der Waals surface area contributed by atoms with E-state index in [1.165, 1.54) is 18.3 Å². The minimum atomic E-state index is -0.292. The summed E-state index contributed by atoms with van der Waals surface area (Å²) in [5, 5.41) is 8.98. The highest BCUT2D eigenvalue weighted by molar-refractivity contribution is 5.55. The fourth-order valence-electron chi connectivity index (χ4n) is 1.07. The van der Waals surface area contributed by atoms with Gasteiger partial charge >= 0.3 is 0 Å². The van der Waals surface area contributed by atoms with Crippen LogP contribution in [0.3, 0.4) is 0 Å². The quantitative estimate of drug-likeness (QED) is 0.700. The second-order valence-electron chi connectivity index (χ2n) is 2.62. The van der Waals surface area contributed by atoms with Crippen molar-refractivity contribution in [1.82, 2.24) is 9.97 Å². The van der Waals surface area contributed by atoms with Gasteiger partial charge in [-0.2, -0.15) is 0 Å². The van der Waals surface area contributed by atoms with E-state index in [0.29, 0.717) is 5.82 Å². The molecule has 0 spiro atoms. The summed E-state index contributed by atoms with van der Waals surface area (Å²) in [7, 11) is 0. The summed E-state index contributed by atoms with van der Waals surface area (Å²) in [4.78, 5) is 6.52. The van der Waals surface area contributed by atoms with Crippen LogP contribution in [-0.2, 0) is 0 Å². The maximum absolute atomic E-state index is 12.5. The molecular formula is C9H7FN2O. The van der Waals surface area contributed by atoms with Crippen molar-refractivity contribution in [1.29, 1.82) is 0 Å². The van der Waals surface area contributed by atoms with Crippen molar-refractivity contribution in [3.8, 4) is 17.3 Å². The van der Waals surface area contributed by atoms with Gasteiger partial charge in [0.15, 0.2) is 0 Å². The highest BCUT2D eigenvalue weighted by atomic mass is 19.1. The van der Waals surface area contributed by atoms with Gasteiger partial charge in [-0.05, 0) is 24.3 Å². The van der Waals surface area contributed by atoms with Gasteiger partial charge in [-0.25, -0.2) is 9.37 Å². The van der Waals surface area contributed by atoms with E-state index in [4.69, 9.17) is 5.11 Å². The molecule has 66 valence electrons. The van der Waals surface area contributed by atoms with Crippen LogP contribution in [0, 0.1) is 5.82 Å². The highest BCUT2D eigenvalue weighted by Gasteiger charge is 2.01. The number of aromatic hydroxyl groups is 1. The van der Waals surface area contributed by atoms with Gasteiger partial charge in [-0.1, -0.05) is 0 Å². The van der Waals surface area contributed by atoms with Crippen LogP contribution in [0.1, 0.15) is 0 Å². The van der Waals surface area contributed by atoms with Crippen molar-refractivity contribution >= 4 is 0 Å². The van der Waals surface area contributed by atoms with E-state index in [9.17, 15) is 4.39 Å². The molecule has 4 heteroatoms. The van der Waals surface area contributed by atoms with Gasteiger partial charge in [0, 0.05) is 5.56 Å². The first-order chi connectivity index (χ1) is 6.25. The summed E-state index contributed by atoms with van der Waals surface area (Å²) in [6.07, 6.45) is 1.30. The third kappa shape index (κ3) is 1.51. The van der Waals surface area contributed by atoms with E-state index in [-0.39, 0.29) is 11.7 Å². The molecule has 0 aliphatic rings. The lowest BCUT2D eigenvalue weighted by atomic mass is 10.2. The number of nitrogens with one attached hydrogen (secondary N) is 1.